The highest BCUT2D eigenvalue weighted by Crippen LogP contribution is 2.35. The molecule has 0 atom stereocenters. The van der Waals surface area contributed by atoms with Crippen molar-refractivity contribution in [3.8, 4) is 17.6 Å². The van der Waals surface area contributed by atoms with E-state index in [2.05, 4.69) is 11.1 Å². The number of fused-ring (bicyclic) bond motifs is 1. The summed E-state index contributed by atoms with van der Waals surface area (Å²) in [6.45, 7) is 4.04. The van der Waals surface area contributed by atoms with E-state index in [1.54, 1.807) is 12.1 Å². The average molecular weight is 344 g/mol. The van der Waals surface area contributed by atoms with E-state index >= 15 is 0 Å². The predicted octanol–water partition coefficient (Wildman–Crippen LogP) is 5.97. The van der Waals surface area contributed by atoms with E-state index in [-0.39, 0.29) is 5.92 Å². The zero-order valence-corrected chi connectivity index (χ0v) is 13.6. The van der Waals surface area contributed by atoms with Crippen LogP contribution in [0.5, 0.6) is 11.5 Å². The second kappa shape index (κ2) is 6.17. The van der Waals surface area contributed by atoms with Gasteiger partial charge in [-0.1, -0.05) is 13.8 Å². The van der Waals surface area contributed by atoms with Gasteiger partial charge >= 0.3 is 6.18 Å². The number of aromatic amines is 1. The normalized spacial score (nSPS) is 11.7. The highest BCUT2D eigenvalue weighted by atomic mass is 19.4. The van der Waals surface area contributed by atoms with Gasteiger partial charge in [-0.15, -0.1) is 0 Å². The van der Waals surface area contributed by atoms with Crippen molar-refractivity contribution >= 4 is 10.9 Å². The molecule has 0 amide bonds. The van der Waals surface area contributed by atoms with Crippen LogP contribution in [0, 0.1) is 11.3 Å². The Hall–Kier alpha value is -2.94. The Morgan fingerprint density at radius 3 is 2.32 bits per heavy atom. The van der Waals surface area contributed by atoms with E-state index in [1.807, 2.05) is 19.9 Å². The van der Waals surface area contributed by atoms with Gasteiger partial charge in [-0.25, -0.2) is 0 Å². The topological polar surface area (TPSA) is 48.8 Å². The number of halogens is 3. The Labute approximate surface area is 142 Å². The summed E-state index contributed by atoms with van der Waals surface area (Å²) < 4.78 is 43.7. The van der Waals surface area contributed by atoms with Crippen LogP contribution in [-0.4, -0.2) is 4.98 Å². The second-order valence-corrected chi connectivity index (χ2v) is 6.02. The number of H-pyrrole nitrogens is 1. The molecule has 0 aliphatic carbocycles. The molecule has 3 rings (SSSR count). The van der Waals surface area contributed by atoms with Gasteiger partial charge in [0.15, 0.2) is 0 Å². The number of ether oxygens (including phenoxy) is 1. The summed E-state index contributed by atoms with van der Waals surface area (Å²) in [7, 11) is 0. The van der Waals surface area contributed by atoms with Crippen LogP contribution in [0.3, 0.4) is 0 Å². The van der Waals surface area contributed by atoms with Gasteiger partial charge in [0.05, 0.1) is 16.6 Å². The molecule has 6 heteroatoms. The highest BCUT2D eigenvalue weighted by Gasteiger charge is 2.30. The first-order chi connectivity index (χ1) is 11.8. The van der Waals surface area contributed by atoms with Crippen molar-refractivity contribution in [1.29, 1.82) is 5.26 Å². The molecule has 3 aromatic rings. The van der Waals surface area contributed by atoms with Crippen molar-refractivity contribution in [3.05, 3.63) is 59.3 Å². The lowest BCUT2D eigenvalue weighted by atomic mass is 10.1. The number of nitrogens with zero attached hydrogens (tertiary/aromatic N) is 1. The minimum absolute atomic E-state index is 0.234. The molecule has 0 unspecified atom stereocenters. The van der Waals surface area contributed by atoms with E-state index in [0.29, 0.717) is 22.6 Å². The van der Waals surface area contributed by atoms with Crippen molar-refractivity contribution in [2.75, 3.05) is 0 Å². The summed E-state index contributed by atoms with van der Waals surface area (Å²) in [5, 5.41) is 9.98. The van der Waals surface area contributed by atoms with E-state index in [4.69, 9.17) is 4.74 Å². The Morgan fingerprint density at radius 2 is 1.76 bits per heavy atom. The number of benzene rings is 2. The van der Waals surface area contributed by atoms with Crippen LogP contribution in [0.4, 0.5) is 13.2 Å². The lowest BCUT2D eigenvalue weighted by Crippen LogP contribution is -2.04. The SMILES string of the molecule is CC(C)c1cc2c(Oc3ccc(C(F)(F)F)cc3)ccc(C#N)c2[nH]1. The highest BCUT2D eigenvalue weighted by molar-refractivity contribution is 5.91. The number of hydrogen-bond donors (Lipinski definition) is 1. The molecule has 25 heavy (non-hydrogen) atoms. The first-order valence-corrected chi connectivity index (χ1v) is 7.70. The third-order valence-electron chi connectivity index (χ3n) is 3.93. The van der Waals surface area contributed by atoms with Crippen LogP contribution in [0.2, 0.25) is 0 Å². The number of aromatic nitrogens is 1. The molecule has 0 fully saturated rings. The number of hydrogen-bond acceptors (Lipinski definition) is 2. The Bertz CT molecular complexity index is 948. The van der Waals surface area contributed by atoms with Gasteiger partial charge in [0.25, 0.3) is 0 Å². The number of alkyl halides is 3. The van der Waals surface area contributed by atoms with Crippen LogP contribution in [-0.2, 0) is 6.18 Å². The summed E-state index contributed by atoms with van der Waals surface area (Å²) in [4.78, 5) is 3.22. The molecule has 3 nitrogen and oxygen atoms in total. The molecular formula is C19H15F3N2O. The maximum atomic E-state index is 12.6. The summed E-state index contributed by atoms with van der Waals surface area (Å²) in [6.07, 6.45) is -4.38. The molecule has 2 aromatic carbocycles. The molecule has 1 heterocycles. The van der Waals surface area contributed by atoms with Gasteiger partial charge in [-0.2, -0.15) is 18.4 Å². The molecule has 0 bridgehead atoms. The third-order valence-corrected chi connectivity index (χ3v) is 3.93. The maximum Gasteiger partial charge on any atom is 0.416 e. The van der Waals surface area contributed by atoms with E-state index in [0.717, 1.165) is 23.2 Å². The molecule has 0 radical (unpaired) electrons. The molecule has 1 N–H and O–H groups in total. The molecule has 128 valence electrons. The van der Waals surface area contributed by atoms with Crippen LogP contribution in [0.15, 0.2) is 42.5 Å². The van der Waals surface area contributed by atoms with Crippen molar-refractivity contribution in [3.63, 3.8) is 0 Å². The fraction of sp³-hybridized carbons (Fsp3) is 0.211. The van der Waals surface area contributed by atoms with Crippen molar-refractivity contribution in [2.24, 2.45) is 0 Å². The van der Waals surface area contributed by atoms with Crippen molar-refractivity contribution in [1.82, 2.24) is 4.98 Å². The molecule has 1 aromatic heterocycles. The van der Waals surface area contributed by atoms with Crippen LogP contribution in [0.25, 0.3) is 10.9 Å². The van der Waals surface area contributed by atoms with E-state index in [1.165, 1.54) is 12.1 Å². The summed E-state index contributed by atoms with van der Waals surface area (Å²) in [5.41, 5.74) is 1.38. The lowest BCUT2D eigenvalue weighted by Gasteiger charge is -2.10. The molecule has 0 saturated heterocycles. The van der Waals surface area contributed by atoms with Crippen LogP contribution in [0.1, 0.15) is 36.6 Å². The van der Waals surface area contributed by atoms with Gasteiger partial charge in [0, 0.05) is 11.1 Å². The third kappa shape index (κ3) is 3.31. The average Bonchev–Trinajstić information content (AvgIpc) is 3.01. The summed E-state index contributed by atoms with van der Waals surface area (Å²) in [5.74, 6) is 1.01. The fourth-order valence-electron chi connectivity index (χ4n) is 2.55. The maximum absolute atomic E-state index is 12.6. The molecule has 0 aliphatic rings. The molecular weight excluding hydrogens is 329 g/mol. The largest absolute Gasteiger partial charge is 0.457 e. The van der Waals surface area contributed by atoms with Gasteiger partial charge < -0.3 is 9.72 Å². The quantitative estimate of drug-likeness (QED) is 0.636. The Morgan fingerprint density at radius 1 is 1.08 bits per heavy atom. The number of nitriles is 1. The zero-order valence-electron chi connectivity index (χ0n) is 13.6. The minimum atomic E-state index is -4.38. The van der Waals surface area contributed by atoms with Gasteiger partial charge in [-0.05, 0) is 48.4 Å². The summed E-state index contributed by atoms with van der Waals surface area (Å²) >= 11 is 0. The zero-order chi connectivity index (χ0) is 18.2. The summed E-state index contributed by atoms with van der Waals surface area (Å²) in [6, 6.07) is 11.8. The van der Waals surface area contributed by atoms with Crippen molar-refractivity contribution in [2.45, 2.75) is 25.9 Å². The van der Waals surface area contributed by atoms with Gasteiger partial charge in [0.1, 0.15) is 17.6 Å². The van der Waals surface area contributed by atoms with Crippen LogP contribution >= 0.6 is 0 Å². The fourth-order valence-corrected chi connectivity index (χ4v) is 2.55. The predicted molar refractivity (Wildman–Crippen MR) is 88.6 cm³/mol. The molecule has 0 saturated carbocycles. The van der Waals surface area contributed by atoms with E-state index < -0.39 is 11.7 Å². The Balaban J connectivity index is 2.00. The molecule has 0 aliphatic heterocycles. The second-order valence-electron chi connectivity index (χ2n) is 6.02. The van der Waals surface area contributed by atoms with Crippen LogP contribution < -0.4 is 4.74 Å². The lowest BCUT2D eigenvalue weighted by molar-refractivity contribution is -0.137. The van der Waals surface area contributed by atoms with Crippen molar-refractivity contribution < 1.29 is 17.9 Å². The monoisotopic (exact) mass is 344 g/mol. The number of nitrogens with one attached hydrogen (secondary N) is 1. The van der Waals surface area contributed by atoms with Gasteiger partial charge in [-0.3, -0.25) is 0 Å². The smallest absolute Gasteiger partial charge is 0.416 e. The molecule has 0 spiro atoms. The standard InChI is InChI=1S/C19H15F3N2O/c1-11(2)16-9-15-17(8-3-12(10-23)18(15)24-16)25-14-6-4-13(5-7-14)19(20,21)22/h3-9,11,24H,1-2H3. The first-order valence-electron chi connectivity index (χ1n) is 7.70. The minimum Gasteiger partial charge on any atom is -0.457 e. The first kappa shape index (κ1) is 16.9. The van der Waals surface area contributed by atoms with E-state index in [9.17, 15) is 18.4 Å². The Kier molecular flexibility index (Phi) is 4.17. The number of rotatable bonds is 3. The van der Waals surface area contributed by atoms with Gasteiger partial charge in [0.2, 0.25) is 0 Å².